The van der Waals surface area contributed by atoms with E-state index in [1.54, 1.807) is 4.90 Å². The average molecular weight is 313 g/mol. The molecule has 2 amide bonds. The molecule has 6 nitrogen and oxygen atoms in total. The lowest BCUT2D eigenvalue weighted by atomic mass is 9.97. The second-order valence-electron chi connectivity index (χ2n) is 6.94. The number of carbonyl (C=O) groups excluding carboxylic acids is 2. The van der Waals surface area contributed by atoms with Crippen LogP contribution in [0.1, 0.15) is 47.5 Å². The molecule has 0 aromatic carbocycles. The molecule has 1 fully saturated rings. The van der Waals surface area contributed by atoms with Crippen molar-refractivity contribution in [3.63, 3.8) is 0 Å². The summed E-state index contributed by atoms with van der Waals surface area (Å²) >= 11 is 0. The fourth-order valence-corrected chi connectivity index (χ4v) is 2.41. The van der Waals surface area contributed by atoms with Gasteiger partial charge in [0.05, 0.1) is 6.04 Å². The molecule has 1 rings (SSSR count). The number of nitrogens with zero attached hydrogens (tertiary/aromatic N) is 1. The lowest BCUT2D eigenvalue weighted by Crippen LogP contribution is -2.46. The molecule has 0 bridgehead atoms. The van der Waals surface area contributed by atoms with E-state index < -0.39 is 5.60 Å². The number of carbonyl (C=O) groups is 2. The molecule has 1 heterocycles. The molecule has 1 unspecified atom stereocenters. The Morgan fingerprint density at radius 3 is 2.36 bits per heavy atom. The summed E-state index contributed by atoms with van der Waals surface area (Å²) in [6.07, 6.45) is 1.65. The smallest absolute Gasteiger partial charge is 0.410 e. The van der Waals surface area contributed by atoms with Crippen molar-refractivity contribution >= 4 is 12.0 Å². The fraction of sp³-hybridized carbons (Fsp3) is 0.875. The number of piperidine rings is 1. The lowest BCUT2D eigenvalue weighted by Gasteiger charge is -2.33. The van der Waals surface area contributed by atoms with E-state index in [1.807, 2.05) is 34.6 Å². The van der Waals surface area contributed by atoms with Crippen LogP contribution in [0.3, 0.4) is 0 Å². The molecule has 1 aliphatic heterocycles. The molecule has 0 spiro atoms. The van der Waals surface area contributed by atoms with Gasteiger partial charge < -0.3 is 20.3 Å². The number of nitrogens with one attached hydrogen (secondary N) is 2. The standard InChI is InChI=1S/C16H31N3O3/c1-6-17-14(20)12(2)18-11-13-7-9-19(10-8-13)15(21)22-16(3,4)5/h12-13,18H,6-11H2,1-5H3,(H,17,20). The van der Waals surface area contributed by atoms with Gasteiger partial charge in [0.1, 0.15) is 5.60 Å². The number of rotatable bonds is 5. The monoisotopic (exact) mass is 313 g/mol. The van der Waals surface area contributed by atoms with Gasteiger partial charge in [0.25, 0.3) is 0 Å². The lowest BCUT2D eigenvalue weighted by molar-refractivity contribution is -0.122. The first-order chi connectivity index (χ1) is 10.2. The minimum atomic E-state index is -0.447. The van der Waals surface area contributed by atoms with Crippen LogP contribution in [0.2, 0.25) is 0 Å². The fourth-order valence-electron chi connectivity index (χ4n) is 2.41. The molecule has 0 aromatic rings. The maximum absolute atomic E-state index is 12.0. The largest absolute Gasteiger partial charge is 0.444 e. The van der Waals surface area contributed by atoms with E-state index in [2.05, 4.69) is 10.6 Å². The van der Waals surface area contributed by atoms with Crippen LogP contribution in [-0.4, -0.2) is 54.7 Å². The first-order valence-electron chi connectivity index (χ1n) is 8.22. The summed E-state index contributed by atoms with van der Waals surface area (Å²) in [7, 11) is 0. The highest BCUT2D eigenvalue weighted by atomic mass is 16.6. The van der Waals surface area contributed by atoms with Crippen molar-refractivity contribution in [1.82, 2.24) is 15.5 Å². The van der Waals surface area contributed by atoms with E-state index in [1.165, 1.54) is 0 Å². The van der Waals surface area contributed by atoms with Gasteiger partial charge in [-0.25, -0.2) is 4.79 Å². The van der Waals surface area contributed by atoms with Gasteiger partial charge in [-0.2, -0.15) is 0 Å². The predicted molar refractivity (Wildman–Crippen MR) is 86.7 cm³/mol. The number of likely N-dealkylation sites (tertiary alicyclic amines) is 1. The zero-order valence-electron chi connectivity index (χ0n) is 14.6. The quantitative estimate of drug-likeness (QED) is 0.811. The number of amides is 2. The van der Waals surface area contributed by atoms with E-state index in [9.17, 15) is 9.59 Å². The summed E-state index contributed by atoms with van der Waals surface area (Å²) in [6.45, 7) is 12.3. The first kappa shape index (κ1) is 18.7. The van der Waals surface area contributed by atoms with Gasteiger partial charge >= 0.3 is 6.09 Å². The van der Waals surface area contributed by atoms with Crippen molar-refractivity contribution in [2.24, 2.45) is 5.92 Å². The molecular weight excluding hydrogens is 282 g/mol. The predicted octanol–water partition coefficient (Wildman–Crippen LogP) is 1.75. The van der Waals surface area contributed by atoms with Crippen LogP contribution in [0.15, 0.2) is 0 Å². The van der Waals surface area contributed by atoms with Crippen LogP contribution >= 0.6 is 0 Å². The Morgan fingerprint density at radius 2 is 1.86 bits per heavy atom. The molecule has 0 aromatic heterocycles. The van der Waals surface area contributed by atoms with Gasteiger partial charge in [-0.3, -0.25) is 4.79 Å². The Morgan fingerprint density at radius 1 is 1.27 bits per heavy atom. The van der Waals surface area contributed by atoms with Gasteiger partial charge in [-0.15, -0.1) is 0 Å². The molecule has 128 valence electrons. The van der Waals surface area contributed by atoms with Crippen molar-refractivity contribution in [2.45, 2.75) is 59.1 Å². The summed E-state index contributed by atoms with van der Waals surface area (Å²) in [6, 6.07) is -0.177. The molecule has 1 saturated heterocycles. The highest BCUT2D eigenvalue weighted by molar-refractivity contribution is 5.81. The molecule has 2 N–H and O–H groups in total. The topological polar surface area (TPSA) is 70.7 Å². The zero-order chi connectivity index (χ0) is 16.8. The number of likely N-dealkylation sites (N-methyl/N-ethyl adjacent to an activating group) is 1. The van der Waals surface area contributed by atoms with Crippen molar-refractivity contribution in [3.8, 4) is 0 Å². The first-order valence-corrected chi connectivity index (χ1v) is 8.22. The summed E-state index contributed by atoms with van der Waals surface area (Å²) in [5, 5.41) is 6.08. The molecule has 0 radical (unpaired) electrons. The minimum Gasteiger partial charge on any atom is -0.444 e. The van der Waals surface area contributed by atoms with Crippen LogP contribution in [-0.2, 0) is 9.53 Å². The van der Waals surface area contributed by atoms with Crippen molar-refractivity contribution in [3.05, 3.63) is 0 Å². The van der Waals surface area contributed by atoms with E-state index in [4.69, 9.17) is 4.74 Å². The molecule has 1 aliphatic rings. The van der Waals surface area contributed by atoms with Crippen molar-refractivity contribution in [1.29, 1.82) is 0 Å². The third kappa shape index (κ3) is 6.64. The average Bonchev–Trinajstić information content (AvgIpc) is 2.43. The van der Waals surface area contributed by atoms with Crippen LogP contribution < -0.4 is 10.6 Å². The summed E-state index contributed by atoms with van der Waals surface area (Å²) in [4.78, 5) is 25.4. The summed E-state index contributed by atoms with van der Waals surface area (Å²) < 4.78 is 5.39. The van der Waals surface area contributed by atoms with Gasteiger partial charge in [0, 0.05) is 19.6 Å². The van der Waals surface area contributed by atoms with Crippen molar-refractivity contribution < 1.29 is 14.3 Å². The Balaban J connectivity index is 2.28. The van der Waals surface area contributed by atoms with E-state index in [0.717, 1.165) is 32.5 Å². The van der Waals surface area contributed by atoms with E-state index in [0.29, 0.717) is 12.5 Å². The number of hydrogen-bond donors (Lipinski definition) is 2. The molecule has 6 heteroatoms. The maximum Gasteiger partial charge on any atom is 0.410 e. The number of hydrogen-bond acceptors (Lipinski definition) is 4. The molecular formula is C16H31N3O3. The van der Waals surface area contributed by atoms with Gasteiger partial charge in [0.15, 0.2) is 0 Å². The van der Waals surface area contributed by atoms with E-state index >= 15 is 0 Å². The Bertz CT molecular complexity index is 371. The Kier molecular flexibility index (Phi) is 7.13. The molecule has 22 heavy (non-hydrogen) atoms. The second kappa shape index (κ2) is 8.36. The molecule has 0 saturated carbocycles. The van der Waals surface area contributed by atoms with Gasteiger partial charge in [-0.1, -0.05) is 0 Å². The third-order valence-electron chi connectivity index (χ3n) is 3.72. The Hall–Kier alpha value is -1.30. The van der Waals surface area contributed by atoms with Crippen LogP contribution in [0.25, 0.3) is 0 Å². The van der Waals surface area contributed by atoms with Gasteiger partial charge in [0.2, 0.25) is 5.91 Å². The van der Waals surface area contributed by atoms with E-state index in [-0.39, 0.29) is 18.0 Å². The summed E-state index contributed by atoms with van der Waals surface area (Å²) in [5.41, 5.74) is -0.447. The normalized spacial score (nSPS) is 18.0. The molecule has 1 atom stereocenters. The maximum atomic E-state index is 12.0. The SMILES string of the molecule is CCNC(=O)C(C)NCC1CCN(C(=O)OC(C)(C)C)CC1. The van der Waals surface area contributed by atoms with Gasteiger partial charge in [-0.05, 0) is 59.9 Å². The highest BCUT2D eigenvalue weighted by Gasteiger charge is 2.27. The second-order valence-corrected chi connectivity index (χ2v) is 6.94. The van der Waals surface area contributed by atoms with Crippen LogP contribution in [0, 0.1) is 5.92 Å². The van der Waals surface area contributed by atoms with Crippen LogP contribution in [0.4, 0.5) is 4.79 Å². The summed E-state index contributed by atoms with van der Waals surface area (Å²) in [5.74, 6) is 0.532. The minimum absolute atomic E-state index is 0.0358. The van der Waals surface area contributed by atoms with Crippen LogP contribution in [0.5, 0.6) is 0 Å². The highest BCUT2D eigenvalue weighted by Crippen LogP contribution is 2.19. The zero-order valence-corrected chi connectivity index (χ0v) is 14.6. The number of ether oxygens (including phenoxy) is 1. The Labute approximate surface area is 134 Å². The molecule has 0 aliphatic carbocycles. The third-order valence-corrected chi connectivity index (χ3v) is 3.72. The van der Waals surface area contributed by atoms with Crippen molar-refractivity contribution in [2.75, 3.05) is 26.2 Å².